The molecule has 4 atom stereocenters. The first-order chi connectivity index (χ1) is 19.0. The third kappa shape index (κ3) is 5.10. The number of amides is 1. The Morgan fingerprint density at radius 1 is 1.30 bits per heavy atom. The van der Waals surface area contributed by atoms with Crippen LogP contribution >= 0.6 is 11.3 Å². The zero-order chi connectivity index (χ0) is 28.3. The molecule has 3 aliphatic rings. The van der Waals surface area contributed by atoms with Crippen molar-refractivity contribution in [3.8, 4) is 0 Å². The van der Waals surface area contributed by atoms with Crippen molar-refractivity contribution < 1.29 is 31.5 Å². The molecule has 2 fully saturated rings. The van der Waals surface area contributed by atoms with Gasteiger partial charge in [0, 0.05) is 54.2 Å². The molecular formula is C25H26F5N7O2S. The number of aryl methyl sites for hydroxylation is 2. The van der Waals surface area contributed by atoms with Crippen molar-refractivity contribution >= 4 is 34.8 Å². The molecule has 2 saturated carbocycles. The second kappa shape index (κ2) is 9.93. The molecule has 3 aromatic heterocycles. The van der Waals surface area contributed by atoms with Crippen molar-refractivity contribution in [2.75, 3.05) is 11.9 Å². The van der Waals surface area contributed by atoms with Crippen LogP contribution in [0.25, 0.3) is 0 Å². The van der Waals surface area contributed by atoms with Gasteiger partial charge in [-0.05, 0) is 31.2 Å². The summed E-state index contributed by atoms with van der Waals surface area (Å²) in [5.74, 6) is -5.01. The molecule has 0 bridgehead atoms. The summed E-state index contributed by atoms with van der Waals surface area (Å²) in [5.41, 5.74) is 0.634. The number of aromatic nitrogens is 5. The van der Waals surface area contributed by atoms with Crippen LogP contribution in [0.15, 0.2) is 12.4 Å². The molecule has 3 heterocycles. The molecule has 3 aliphatic carbocycles. The Kier molecular flexibility index (Phi) is 6.66. The molecule has 1 amide bonds. The number of ketones is 1. The van der Waals surface area contributed by atoms with Crippen LogP contribution in [0, 0.1) is 11.8 Å². The van der Waals surface area contributed by atoms with Crippen LogP contribution in [0.5, 0.6) is 0 Å². The molecule has 15 heteroatoms. The van der Waals surface area contributed by atoms with Crippen molar-refractivity contribution in [2.45, 2.75) is 63.1 Å². The zero-order valence-corrected chi connectivity index (χ0v) is 22.2. The molecule has 9 nitrogen and oxygen atoms in total. The summed E-state index contributed by atoms with van der Waals surface area (Å²) in [6, 6.07) is 1.00. The highest BCUT2D eigenvalue weighted by molar-refractivity contribution is 7.12. The van der Waals surface area contributed by atoms with Crippen LogP contribution in [0.2, 0.25) is 0 Å². The predicted octanol–water partition coefficient (Wildman–Crippen LogP) is 4.34. The van der Waals surface area contributed by atoms with Crippen LogP contribution in [0.4, 0.5) is 33.7 Å². The number of Topliss-reactive ketones (excluding diaryl/α,β-unsaturated/α-hetero) is 1. The first kappa shape index (κ1) is 26.8. The van der Waals surface area contributed by atoms with E-state index in [1.54, 1.807) is 4.57 Å². The van der Waals surface area contributed by atoms with E-state index in [0.717, 1.165) is 10.4 Å². The Hall–Kier alpha value is -3.36. The lowest BCUT2D eigenvalue weighted by molar-refractivity contribution is -0.121. The quantitative estimate of drug-likeness (QED) is 0.344. The van der Waals surface area contributed by atoms with E-state index >= 15 is 0 Å². The number of anilines is 2. The second-order valence-corrected chi connectivity index (χ2v) is 11.8. The third-order valence-electron chi connectivity index (χ3n) is 7.77. The van der Waals surface area contributed by atoms with Crippen molar-refractivity contribution in [1.29, 1.82) is 0 Å². The summed E-state index contributed by atoms with van der Waals surface area (Å²) in [7, 11) is 1.52. The van der Waals surface area contributed by atoms with Gasteiger partial charge in [0.1, 0.15) is 29.8 Å². The van der Waals surface area contributed by atoms with E-state index in [4.69, 9.17) is 0 Å². The number of alkyl halides is 5. The van der Waals surface area contributed by atoms with Crippen LogP contribution in [-0.4, -0.2) is 54.9 Å². The van der Waals surface area contributed by atoms with Crippen molar-refractivity contribution in [2.24, 2.45) is 18.9 Å². The number of nitrogens with one attached hydrogen (secondary N) is 2. The molecule has 6 rings (SSSR count). The highest BCUT2D eigenvalue weighted by atomic mass is 32.1. The molecule has 0 saturated heterocycles. The van der Waals surface area contributed by atoms with Gasteiger partial charge in [0.2, 0.25) is 5.95 Å². The number of hydrogen-bond donors (Lipinski definition) is 2. The molecule has 0 unspecified atom stereocenters. The molecule has 0 spiro atoms. The molecule has 0 aromatic carbocycles. The average Bonchev–Trinajstić information content (AvgIpc) is 3.50. The van der Waals surface area contributed by atoms with E-state index < -0.39 is 42.5 Å². The van der Waals surface area contributed by atoms with Gasteiger partial charge in [0.05, 0.1) is 11.5 Å². The Morgan fingerprint density at radius 3 is 2.70 bits per heavy atom. The first-order valence-electron chi connectivity index (χ1n) is 13.0. The summed E-state index contributed by atoms with van der Waals surface area (Å²) in [5, 5.41) is 17.6. The van der Waals surface area contributed by atoms with Gasteiger partial charge in [0.15, 0.2) is 0 Å². The first-order valence-corrected chi connectivity index (χ1v) is 13.8. The van der Waals surface area contributed by atoms with Crippen LogP contribution in [0.3, 0.4) is 0 Å². The number of fused-ring (bicyclic) bond motifs is 1. The van der Waals surface area contributed by atoms with E-state index in [0.29, 0.717) is 47.9 Å². The Balaban J connectivity index is 1.25. The summed E-state index contributed by atoms with van der Waals surface area (Å²) in [6.45, 7) is 0.160. The highest BCUT2D eigenvalue weighted by Crippen LogP contribution is 2.50. The molecule has 0 aliphatic heterocycles. The van der Waals surface area contributed by atoms with E-state index in [1.807, 2.05) is 0 Å². The number of carbonyl (C=O) groups excluding carboxylic acids is 2. The van der Waals surface area contributed by atoms with E-state index in [1.165, 1.54) is 35.5 Å². The molecule has 0 radical (unpaired) electrons. The highest BCUT2D eigenvalue weighted by Gasteiger charge is 2.60. The molecule has 3 aromatic rings. The van der Waals surface area contributed by atoms with Gasteiger partial charge in [-0.2, -0.15) is 5.10 Å². The van der Waals surface area contributed by atoms with Crippen molar-refractivity contribution in [3.63, 3.8) is 0 Å². The molecule has 2 N–H and O–H groups in total. The summed E-state index contributed by atoms with van der Waals surface area (Å²) >= 11 is 1.29. The van der Waals surface area contributed by atoms with E-state index in [-0.39, 0.29) is 30.6 Å². The maximum atomic E-state index is 13.6. The SMILES string of the molecule is Cn1nc(C(F)F)cc1Nc1nncn1[C@H]1CCc2sc(CC(=O)[C@@H]3CC3(F)F)c(C(=O)NC[C@@H]3C[C@@H]3F)c2C1. The molecule has 214 valence electrons. The van der Waals surface area contributed by atoms with Gasteiger partial charge in [-0.1, -0.05) is 0 Å². The summed E-state index contributed by atoms with van der Waals surface area (Å²) in [4.78, 5) is 27.3. The lowest BCUT2D eigenvalue weighted by Crippen LogP contribution is -2.29. The fourth-order valence-electron chi connectivity index (χ4n) is 5.25. The lowest BCUT2D eigenvalue weighted by atomic mass is 9.90. The van der Waals surface area contributed by atoms with Gasteiger partial charge in [-0.15, -0.1) is 21.5 Å². The maximum absolute atomic E-state index is 13.6. The smallest absolute Gasteiger partial charge is 0.282 e. The molecule has 40 heavy (non-hydrogen) atoms. The summed E-state index contributed by atoms with van der Waals surface area (Å²) in [6.07, 6.45) is -0.962. The fourth-order valence-corrected chi connectivity index (χ4v) is 6.61. The van der Waals surface area contributed by atoms with Gasteiger partial charge in [0.25, 0.3) is 18.3 Å². The average molecular weight is 584 g/mol. The zero-order valence-electron chi connectivity index (χ0n) is 21.3. The van der Waals surface area contributed by atoms with Gasteiger partial charge in [-0.25, -0.2) is 22.0 Å². The lowest BCUT2D eigenvalue weighted by Gasteiger charge is -2.25. The second-order valence-electron chi connectivity index (χ2n) is 10.6. The van der Waals surface area contributed by atoms with Gasteiger partial charge < -0.3 is 10.6 Å². The predicted molar refractivity (Wildman–Crippen MR) is 134 cm³/mol. The minimum Gasteiger partial charge on any atom is -0.352 e. The maximum Gasteiger partial charge on any atom is 0.282 e. The molecular weight excluding hydrogens is 557 g/mol. The van der Waals surface area contributed by atoms with Crippen LogP contribution in [-0.2, 0) is 31.1 Å². The monoisotopic (exact) mass is 583 g/mol. The number of carbonyl (C=O) groups is 2. The largest absolute Gasteiger partial charge is 0.352 e. The third-order valence-corrected chi connectivity index (χ3v) is 9.07. The topological polar surface area (TPSA) is 107 Å². The van der Waals surface area contributed by atoms with Crippen molar-refractivity contribution in [3.05, 3.63) is 39.0 Å². The standard InChI is InChI=1S/C25H26F5N7O2S/c1-36-20(6-16(35-36)22(27)28)33-24-34-32-10-37(24)12-2-3-18-13(5-12)21(23(39)31-9-11-4-15(11)26)19(40-18)7-17(38)14-8-25(14,29)30/h6,10-12,14-15,22H,2-5,7-9H2,1H3,(H,31,39)(H,33,34)/t11-,12-,14-,15-/m0/s1. The van der Waals surface area contributed by atoms with Crippen LogP contribution < -0.4 is 10.6 Å². The Bertz CT molecular complexity index is 1470. The number of nitrogens with zero attached hydrogens (tertiary/aromatic N) is 5. The fraction of sp³-hybridized carbons (Fsp3) is 0.560. The number of thiophene rings is 1. The van der Waals surface area contributed by atoms with E-state index in [2.05, 4.69) is 25.9 Å². The van der Waals surface area contributed by atoms with Crippen LogP contribution in [0.1, 0.15) is 63.1 Å². The Labute approximate surface area is 229 Å². The number of rotatable bonds is 10. The number of halogens is 5. The number of hydrogen-bond acceptors (Lipinski definition) is 7. The van der Waals surface area contributed by atoms with Crippen molar-refractivity contribution in [1.82, 2.24) is 29.9 Å². The van der Waals surface area contributed by atoms with Gasteiger partial charge in [-0.3, -0.25) is 18.8 Å². The normalized spacial score (nSPS) is 24.6. The van der Waals surface area contributed by atoms with E-state index in [9.17, 15) is 31.5 Å². The van der Waals surface area contributed by atoms with Gasteiger partial charge >= 0.3 is 0 Å². The minimum atomic E-state index is -2.99. The minimum absolute atomic E-state index is 0.160. The summed E-state index contributed by atoms with van der Waals surface area (Å²) < 4.78 is 69.7. The Morgan fingerprint density at radius 2 is 2.05 bits per heavy atom.